The Morgan fingerprint density at radius 2 is 0.966 bits per heavy atom. The predicted octanol–water partition coefficient (Wildman–Crippen LogP) is 2.19. The van der Waals surface area contributed by atoms with Gasteiger partial charge >= 0.3 is 0 Å². The van der Waals surface area contributed by atoms with Crippen molar-refractivity contribution in [2.24, 2.45) is 0 Å². The van der Waals surface area contributed by atoms with Gasteiger partial charge in [0.2, 0.25) is 0 Å². The summed E-state index contributed by atoms with van der Waals surface area (Å²) in [6.07, 6.45) is 0. The van der Waals surface area contributed by atoms with Crippen LogP contribution in [-0.4, -0.2) is 54.6 Å². The summed E-state index contributed by atoms with van der Waals surface area (Å²) in [4.78, 5) is 0. The van der Waals surface area contributed by atoms with Crippen molar-refractivity contribution in [3.05, 3.63) is 47.5 Å². The smallest absolute Gasteiger partial charge is 0.123 e. The van der Waals surface area contributed by atoms with Crippen molar-refractivity contribution in [3.63, 3.8) is 0 Å². The minimum absolute atomic E-state index is 0.732. The lowest BCUT2D eigenvalue weighted by molar-refractivity contribution is 0.396. The number of ether oxygens (including phenoxy) is 4. The van der Waals surface area contributed by atoms with E-state index in [4.69, 9.17) is 18.9 Å². The van der Waals surface area contributed by atoms with Crippen LogP contribution in [0, 0.1) is 0 Å². The summed E-state index contributed by atoms with van der Waals surface area (Å²) < 4.78 is 21.4. The number of hydrogen-bond acceptors (Lipinski definition) is 7. The molecule has 0 amide bonds. The summed E-state index contributed by atoms with van der Waals surface area (Å²) in [5, 5.41) is 10.3. The molecule has 0 bridgehead atoms. The molecule has 2 aromatic carbocycles. The highest BCUT2D eigenvalue weighted by atomic mass is 16.5. The zero-order valence-corrected chi connectivity index (χ0v) is 17.8. The Bertz CT molecular complexity index is 678. The number of benzene rings is 2. The summed E-state index contributed by atoms with van der Waals surface area (Å²) in [6.45, 7) is 4.97. The van der Waals surface area contributed by atoms with Crippen LogP contribution in [-0.2, 0) is 13.1 Å². The molecule has 7 nitrogen and oxygen atoms in total. The summed E-state index contributed by atoms with van der Waals surface area (Å²) in [5.74, 6) is 3.39. The largest absolute Gasteiger partial charge is 0.497 e. The zero-order valence-electron chi connectivity index (χ0n) is 17.8. The summed E-state index contributed by atoms with van der Waals surface area (Å²) in [5.41, 5.74) is 2.17. The topological polar surface area (TPSA) is 73.0 Å². The Balaban J connectivity index is 1.60. The van der Waals surface area contributed by atoms with Crippen molar-refractivity contribution in [2.75, 3.05) is 54.6 Å². The van der Waals surface area contributed by atoms with Gasteiger partial charge in [0.25, 0.3) is 0 Å². The average Bonchev–Trinajstić information content (AvgIpc) is 2.77. The monoisotopic (exact) mass is 403 g/mol. The van der Waals surface area contributed by atoms with E-state index in [9.17, 15) is 0 Å². The lowest BCUT2D eigenvalue weighted by Crippen LogP contribution is -2.32. The van der Waals surface area contributed by atoms with Crippen LogP contribution in [0.2, 0.25) is 0 Å². The fraction of sp³-hybridized carbons (Fsp3) is 0.455. The molecule has 0 radical (unpaired) electrons. The number of rotatable bonds is 14. The van der Waals surface area contributed by atoms with Crippen LogP contribution in [0.25, 0.3) is 0 Å². The van der Waals surface area contributed by atoms with Crippen molar-refractivity contribution in [2.45, 2.75) is 13.1 Å². The molecule has 2 aromatic rings. The molecule has 0 fully saturated rings. The fourth-order valence-electron chi connectivity index (χ4n) is 2.96. The van der Waals surface area contributed by atoms with E-state index in [0.29, 0.717) is 0 Å². The van der Waals surface area contributed by atoms with Crippen LogP contribution in [0.15, 0.2) is 36.4 Å². The Morgan fingerprint density at radius 3 is 1.34 bits per heavy atom. The Morgan fingerprint density at radius 1 is 0.552 bits per heavy atom. The molecule has 7 heteroatoms. The Hall–Kier alpha value is -2.48. The van der Waals surface area contributed by atoms with Crippen molar-refractivity contribution in [1.82, 2.24) is 16.0 Å². The quantitative estimate of drug-likeness (QED) is 0.418. The molecular weight excluding hydrogens is 370 g/mol. The first kappa shape index (κ1) is 22.8. The van der Waals surface area contributed by atoms with E-state index in [0.717, 1.165) is 73.4 Å². The maximum absolute atomic E-state index is 5.40. The molecule has 0 saturated carbocycles. The molecule has 0 spiro atoms. The molecule has 0 atom stereocenters. The van der Waals surface area contributed by atoms with E-state index < -0.39 is 0 Å². The lowest BCUT2D eigenvalue weighted by Gasteiger charge is -2.13. The summed E-state index contributed by atoms with van der Waals surface area (Å²) >= 11 is 0. The molecule has 0 heterocycles. The summed E-state index contributed by atoms with van der Waals surface area (Å²) in [7, 11) is 6.70. The maximum atomic E-state index is 5.40. The molecule has 0 unspecified atom stereocenters. The number of methoxy groups -OCH3 is 4. The van der Waals surface area contributed by atoms with E-state index in [2.05, 4.69) is 16.0 Å². The zero-order chi connectivity index (χ0) is 20.9. The molecule has 3 N–H and O–H groups in total. The molecule has 0 saturated heterocycles. The lowest BCUT2D eigenvalue weighted by atomic mass is 10.2. The van der Waals surface area contributed by atoms with Gasteiger partial charge in [0.15, 0.2) is 0 Å². The van der Waals surface area contributed by atoms with E-state index >= 15 is 0 Å². The standard InChI is InChI=1S/C22H33N3O4/c1-26-19-5-7-21(28-3)17(13-19)15-24-11-9-23-10-12-25-16-18-14-20(27-2)6-8-22(18)29-4/h5-8,13-14,23-25H,9-12,15-16H2,1-4H3. The van der Waals surface area contributed by atoms with Crippen LogP contribution in [0.5, 0.6) is 23.0 Å². The number of hydrogen-bond donors (Lipinski definition) is 3. The molecule has 0 aliphatic heterocycles. The van der Waals surface area contributed by atoms with E-state index in [-0.39, 0.29) is 0 Å². The van der Waals surface area contributed by atoms with Crippen molar-refractivity contribution in [3.8, 4) is 23.0 Å². The molecule has 0 aliphatic carbocycles. The first-order valence-corrected chi connectivity index (χ1v) is 9.75. The molecule has 2 rings (SSSR count). The highest BCUT2D eigenvalue weighted by molar-refractivity contribution is 5.41. The molecular formula is C22H33N3O4. The van der Waals surface area contributed by atoms with Crippen LogP contribution < -0.4 is 34.9 Å². The summed E-state index contributed by atoms with van der Waals surface area (Å²) in [6, 6.07) is 11.6. The van der Waals surface area contributed by atoms with Crippen LogP contribution in [0.1, 0.15) is 11.1 Å². The van der Waals surface area contributed by atoms with Crippen LogP contribution >= 0.6 is 0 Å². The third kappa shape index (κ3) is 7.45. The maximum Gasteiger partial charge on any atom is 0.123 e. The molecule has 29 heavy (non-hydrogen) atoms. The normalized spacial score (nSPS) is 10.6. The SMILES string of the molecule is COc1ccc(OC)c(CNCCNCCNCc2cc(OC)ccc2OC)c1. The van der Waals surface area contributed by atoms with Gasteiger partial charge in [-0.3, -0.25) is 0 Å². The van der Waals surface area contributed by atoms with Crippen molar-refractivity contribution >= 4 is 0 Å². The van der Waals surface area contributed by atoms with E-state index in [1.165, 1.54) is 0 Å². The van der Waals surface area contributed by atoms with Crippen molar-refractivity contribution in [1.29, 1.82) is 0 Å². The van der Waals surface area contributed by atoms with Crippen molar-refractivity contribution < 1.29 is 18.9 Å². The van der Waals surface area contributed by atoms with Crippen LogP contribution in [0.4, 0.5) is 0 Å². The second-order valence-electron chi connectivity index (χ2n) is 6.46. The van der Waals surface area contributed by atoms with Gasteiger partial charge in [-0.05, 0) is 36.4 Å². The fourth-order valence-corrected chi connectivity index (χ4v) is 2.96. The van der Waals surface area contributed by atoms with Gasteiger partial charge in [0.1, 0.15) is 23.0 Å². The second-order valence-corrected chi connectivity index (χ2v) is 6.46. The molecule has 0 aliphatic rings. The van der Waals surface area contributed by atoms with Gasteiger partial charge in [0.05, 0.1) is 28.4 Å². The molecule has 160 valence electrons. The first-order chi connectivity index (χ1) is 14.2. The van der Waals surface area contributed by atoms with Gasteiger partial charge in [0, 0.05) is 50.4 Å². The number of nitrogens with one attached hydrogen (secondary N) is 3. The van der Waals surface area contributed by atoms with Gasteiger partial charge in [-0.25, -0.2) is 0 Å². The highest BCUT2D eigenvalue weighted by Crippen LogP contribution is 2.24. The predicted molar refractivity (Wildman–Crippen MR) is 115 cm³/mol. The molecule has 0 aromatic heterocycles. The minimum atomic E-state index is 0.732. The third-order valence-electron chi connectivity index (χ3n) is 4.56. The second kappa shape index (κ2) is 12.9. The Labute approximate surface area is 173 Å². The highest BCUT2D eigenvalue weighted by Gasteiger charge is 2.05. The third-order valence-corrected chi connectivity index (χ3v) is 4.56. The average molecular weight is 404 g/mol. The van der Waals surface area contributed by atoms with Crippen LogP contribution in [0.3, 0.4) is 0 Å². The van der Waals surface area contributed by atoms with Gasteiger partial charge in [-0.15, -0.1) is 0 Å². The minimum Gasteiger partial charge on any atom is -0.497 e. The first-order valence-electron chi connectivity index (χ1n) is 9.75. The van der Waals surface area contributed by atoms with E-state index in [1.54, 1.807) is 28.4 Å². The van der Waals surface area contributed by atoms with E-state index in [1.807, 2.05) is 36.4 Å². The van der Waals surface area contributed by atoms with Gasteiger partial charge in [-0.2, -0.15) is 0 Å². The van der Waals surface area contributed by atoms with Gasteiger partial charge < -0.3 is 34.9 Å². The van der Waals surface area contributed by atoms with Gasteiger partial charge in [-0.1, -0.05) is 0 Å². The Kier molecular flexibility index (Phi) is 10.1.